The van der Waals surface area contributed by atoms with Crippen molar-refractivity contribution in [2.24, 2.45) is 0 Å². The molecule has 9 heteroatoms. The number of nitrogens with one attached hydrogen (secondary N) is 1. The van der Waals surface area contributed by atoms with Gasteiger partial charge in [0.1, 0.15) is 11.6 Å². The smallest absolute Gasteiger partial charge is 0.340 e. The van der Waals surface area contributed by atoms with Crippen LogP contribution in [0.25, 0.3) is 11.0 Å². The van der Waals surface area contributed by atoms with E-state index in [0.717, 1.165) is 13.2 Å². The molecule has 0 saturated heterocycles. The third-order valence-corrected chi connectivity index (χ3v) is 4.62. The molecule has 0 fully saturated rings. The number of benzene rings is 1. The largest absolute Gasteiger partial charge is 0.465 e. The molecule has 1 N–H and O–H groups in total. The molecule has 158 valence electrons. The average Bonchev–Trinajstić information content (AvgIpc) is 3.12. The van der Waals surface area contributed by atoms with Crippen molar-refractivity contribution in [3.05, 3.63) is 52.9 Å². The summed E-state index contributed by atoms with van der Waals surface area (Å²) in [5, 5.41) is 7.23. The molecule has 0 aliphatic carbocycles. The summed E-state index contributed by atoms with van der Waals surface area (Å²) in [6.45, 7) is 7.76. The molecule has 30 heavy (non-hydrogen) atoms. The van der Waals surface area contributed by atoms with Crippen LogP contribution in [-0.2, 0) is 4.74 Å². The summed E-state index contributed by atoms with van der Waals surface area (Å²) in [4.78, 5) is 29.3. The maximum atomic E-state index is 14.3. The number of fused-ring (bicyclic) bond motifs is 1. The molecule has 0 unspecified atom stereocenters. The van der Waals surface area contributed by atoms with Crippen LogP contribution in [0.15, 0.2) is 24.4 Å². The monoisotopic (exact) mass is 416 g/mol. The molecule has 0 spiro atoms. The molecule has 0 atom stereocenters. The topological polar surface area (TPSA) is 86.1 Å². The van der Waals surface area contributed by atoms with Crippen molar-refractivity contribution in [3.63, 3.8) is 0 Å². The van der Waals surface area contributed by atoms with Crippen molar-refractivity contribution in [2.45, 2.75) is 39.7 Å². The number of halogens is 2. The van der Waals surface area contributed by atoms with Crippen LogP contribution >= 0.6 is 0 Å². The number of ether oxygens (including phenoxy) is 1. The highest BCUT2D eigenvalue weighted by Gasteiger charge is 2.22. The van der Waals surface area contributed by atoms with Crippen molar-refractivity contribution in [2.75, 3.05) is 12.4 Å². The van der Waals surface area contributed by atoms with Crippen LogP contribution in [0.3, 0.4) is 0 Å². The van der Waals surface area contributed by atoms with Crippen LogP contribution in [-0.4, -0.2) is 33.8 Å². The highest BCUT2D eigenvalue weighted by atomic mass is 19.1. The minimum Gasteiger partial charge on any atom is -0.465 e. The van der Waals surface area contributed by atoms with Crippen LogP contribution in [0, 0.1) is 11.6 Å². The Morgan fingerprint density at radius 2 is 1.77 bits per heavy atom. The van der Waals surface area contributed by atoms with Gasteiger partial charge >= 0.3 is 5.97 Å². The number of aromatic nitrogens is 3. The van der Waals surface area contributed by atoms with Gasteiger partial charge in [-0.15, -0.1) is 0 Å². The molecule has 0 bridgehead atoms. The fourth-order valence-electron chi connectivity index (χ4n) is 3.00. The van der Waals surface area contributed by atoms with Gasteiger partial charge in [-0.25, -0.2) is 23.2 Å². The minimum atomic E-state index is -1.08. The molecule has 1 amide bonds. The van der Waals surface area contributed by atoms with E-state index in [4.69, 9.17) is 0 Å². The Hall–Kier alpha value is -3.36. The summed E-state index contributed by atoms with van der Waals surface area (Å²) in [6, 6.07) is 3.08. The molecule has 0 aliphatic rings. The first kappa shape index (κ1) is 21.4. The Labute approximate surface area is 172 Å². The molecule has 2 heterocycles. The number of anilines is 1. The zero-order valence-corrected chi connectivity index (χ0v) is 17.3. The Morgan fingerprint density at radius 1 is 1.07 bits per heavy atom. The number of carbonyl (C=O) groups excluding carboxylic acids is 2. The van der Waals surface area contributed by atoms with Gasteiger partial charge in [-0.3, -0.25) is 4.79 Å². The van der Waals surface area contributed by atoms with Crippen LogP contribution < -0.4 is 5.32 Å². The van der Waals surface area contributed by atoms with E-state index in [-0.39, 0.29) is 23.2 Å². The van der Waals surface area contributed by atoms with E-state index in [9.17, 15) is 18.4 Å². The first-order chi connectivity index (χ1) is 14.1. The van der Waals surface area contributed by atoms with Crippen molar-refractivity contribution < 1.29 is 23.1 Å². The second-order valence-corrected chi connectivity index (χ2v) is 7.43. The molecule has 1 aromatic carbocycles. The van der Waals surface area contributed by atoms with E-state index in [1.165, 1.54) is 6.20 Å². The first-order valence-corrected chi connectivity index (χ1v) is 9.40. The lowest BCUT2D eigenvalue weighted by atomic mass is 10.0. The molecular formula is C21H22F2N4O3. The van der Waals surface area contributed by atoms with Gasteiger partial charge in [-0.05, 0) is 31.9 Å². The third kappa shape index (κ3) is 3.87. The quantitative estimate of drug-likeness (QED) is 0.621. The second kappa shape index (κ2) is 8.17. The Morgan fingerprint density at radius 3 is 2.37 bits per heavy atom. The van der Waals surface area contributed by atoms with Crippen molar-refractivity contribution in [1.29, 1.82) is 0 Å². The molecule has 0 saturated carbocycles. The van der Waals surface area contributed by atoms with Gasteiger partial charge in [-0.2, -0.15) is 5.10 Å². The summed E-state index contributed by atoms with van der Waals surface area (Å²) in [5.74, 6) is -3.67. The predicted molar refractivity (Wildman–Crippen MR) is 108 cm³/mol. The molecule has 0 aliphatic heterocycles. The van der Waals surface area contributed by atoms with Gasteiger partial charge in [0, 0.05) is 17.8 Å². The van der Waals surface area contributed by atoms with E-state index in [2.05, 4.69) is 20.1 Å². The van der Waals surface area contributed by atoms with Gasteiger partial charge in [0.05, 0.1) is 35.5 Å². The molecule has 7 nitrogen and oxygen atoms in total. The molecule has 2 aromatic heterocycles. The summed E-state index contributed by atoms with van der Waals surface area (Å²) in [5.41, 5.74) is 0.638. The standard InChI is InChI=1S/C21H22F2N4O3/c1-10(2)17-6-12(14-9-24-27(11(3)4)19(14)25-17)20(28)26-18-7-13(21(29)30-5)15(22)8-16(18)23/h6-11H,1-5H3,(H,26,28). The fourth-order valence-corrected chi connectivity index (χ4v) is 3.00. The third-order valence-electron chi connectivity index (χ3n) is 4.62. The van der Waals surface area contributed by atoms with Gasteiger partial charge in [0.25, 0.3) is 5.91 Å². The van der Waals surface area contributed by atoms with Crippen molar-refractivity contribution in [1.82, 2.24) is 14.8 Å². The summed E-state index contributed by atoms with van der Waals surface area (Å²) < 4.78 is 34.3. The number of nitrogens with zero attached hydrogens (tertiary/aromatic N) is 3. The molecule has 0 radical (unpaired) electrons. The normalized spacial score (nSPS) is 11.4. The Balaban J connectivity index is 2.09. The van der Waals surface area contributed by atoms with Gasteiger partial charge in [-0.1, -0.05) is 13.8 Å². The number of esters is 1. The minimum absolute atomic E-state index is 0.0190. The van der Waals surface area contributed by atoms with E-state index < -0.39 is 29.1 Å². The van der Waals surface area contributed by atoms with Gasteiger partial charge in [0.15, 0.2) is 5.65 Å². The van der Waals surface area contributed by atoms with Crippen molar-refractivity contribution >= 4 is 28.6 Å². The van der Waals surface area contributed by atoms with Crippen LogP contribution in [0.2, 0.25) is 0 Å². The van der Waals surface area contributed by atoms with E-state index >= 15 is 0 Å². The highest BCUT2D eigenvalue weighted by molar-refractivity contribution is 6.12. The maximum absolute atomic E-state index is 14.3. The predicted octanol–water partition coefficient (Wildman–Crippen LogP) is 4.45. The number of pyridine rings is 1. The Bertz CT molecular complexity index is 1140. The lowest BCUT2D eigenvalue weighted by Gasteiger charge is -2.13. The molecular weight excluding hydrogens is 394 g/mol. The van der Waals surface area contributed by atoms with Gasteiger partial charge < -0.3 is 10.1 Å². The maximum Gasteiger partial charge on any atom is 0.340 e. The van der Waals surface area contributed by atoms with Crippen LogP contribution in [0.5, 0.6) is 0 Å². The van der Waals surface area contributed by atoms with Crippen molar-refractivity contribution in [3.8, 4) is 0 Å². The zero-order chi connectivity index (χ0) is 22.2. The number of amides is 1. The highest BCUT2D eigenvalue weighted by Crippen LogP contribution is 2.26. The average molecular weight is 416 g/mol. The molecule has 3 aromatic rings. The summed E-state index contributed by atoms with van der Waals surface area (Å²) in [6.07, 6.45) is 1.53. The van der Waals surface area contributed by atoms with Gasteiger partial charge in [0.2, 0.25) is 0 Å². The van der Waals surface area contributed by atoms with Crippen LogP contribution in [0.1, 0.15) is 66.1 Å². The number of rotatable bonds is 5. The second-order valence-electron chi connectivity index (χ2n) is 7.43. The SMILES string of the molecule is COC(=O)c1cc(NC(=O)c2cc(C(C)C)nc3c2cnn3C(C)C)c(F)cc1F. The fraction of sp³-hybridized carbons (Fsp3) is 0.333. The number of methoxy groups -OCH3 is 1. The van der Waals surface area contributed by atoms with E-state index in [0.29, 0.717) is 22.8 Å². The lowest BCUT2D eigenvalue weighted by molar-refractivity contribution is 0.0595. The van der Waals surface area contributed by atoms with Crippen LogP contribution in [0.4, 0.5) is 14.5 Å². The number of hydrogen-bond donors (Lipinski definition) is 1. The molecule has 3 rings (SSSR count). The number of carbonyl (C=O) groups is 2. The summed E-state index contributed by atoms with van der Waals surface area (Å²) >= 11 is 0. The Kier molecular flexibility index (Phi) is 5.82. The lowest BCUT2D eigenvalue weighted by Crippen LogP contribution is -2.16. The zero-order valence-electron chi connectivity index (χ0n) is 17.3. The van der Waals surface area contributed by atoms with E-state index in [1.54, 1.807) is 10.7 Å². The first-order valence-electron chi connectivity index (χ1n) is 9.40. The van der Waals surface area contributed by atoms with E-state index in [1.807, 2.05) is 27.7 Å². The summed E-state index contributed by atoms with van der Waals surface area (Å²) in [7, 11) is 1.08. The number of hydrogen-bond acceptors (Lipinski definition) is 5.